The molecule has 0 saturated heterocycles. The van der Waals surface area contributed by atoms with Crippen LogP contribution in [0.4, 0.5) is 5.69 Å². The smallest absolute Gasteiger partial charge is 0.338 e. The molecule has 0 heterocycles. The topological polar surface area (TPSA) is 83.1 Å². The molecule has 2 aromatic rings. The number of para-hydroxylation sites is 2. The van der Waals surface area contributed by atoms with E-state index >= 15 is 0 Å². The maximum atomic E-state index is 12.3. The number of ether oxygens (including phenoxy) is 4. The number of rotatable bonds is 11. The lowest BCUT2D eigenvalue weighted by molar-refractivity contribution is -0.119. The van der Waals surface area contributed by atoms with E-state index in [0.717, 1.165) is 6.42 Å². The fraction of sp³-hybridized carbons (Fsp3) is 0.391. The Balaban J connectivity index is 1.93. The van der Waals surface area contributed by atoms with E-state index in [2.05, 4.69) is 19.2 Å². The van der Waals surface area contributed by atoms with Crippen LogP contribution < -0.4 is 19.5 Å². The third-order valence-corrected chi connectivity index (χ3v) is 4.15. The highest BCUT2D eigenvalue weighted by Gasteiger charge is 2.15. The number of anilines is 1. The number of hydrogen-bond acceptors (Lipinski definition) is 6. The summed E-state index contributed by atoms with van der Waals surface area (Å²) in [7, 11) is 1.50. The van der Waals surface area contributed by atoms with Crippen LogP contribution in [0.25, 0.3) is 0 Å². The summed E-state index contributed by atoms with van der Waals surface area (Å²) >= 11 is 0. The summed E-state index contributed by atoms with van der Waals surface area (Å²) < 4.78 is 21.6. The number of esters is 1. The van der Waals surface area contributed by atoms with Gasteiger partial charge in [0.15, 0.2) is 18.1 Å². The average molecular weight is 415 g/mol. The van der Waals surface area contributed by atoms with Gasteiger partial charge in [0.1, 0.15) is 5.75 Å². The molecule has 0 aliphatic rings. The van der Waals surface area contributed by atoms with Crippen LogP contribution in [0.1, 0.15) is 37.6 Å². The first-order chi connectivity index (χ1) is 14.4. The average Bonchev–Trinajstić information content (AvgIpc) is 2.73. The quantitative estimate of drug-likeness (QED) is 0.551. The lowest BCUT2D eigenvalue weighted by Gasteiger charge is -2.13. The molecule has 2 rings (SSSR count). The first kappa shape index (κ1) is 23.1. The molecule has 162 valence electrons. The monoisotopic (exact) mass is 415 g/mol. The molecular weight excluding hydrogens is 386 g/mol. The van der Waals surface area contributed by atoms with Gasteiger partial charge in [-0.3, -0.25) is 4.79 Å². The molecule has 0 radical (unpaired) electrons. The summed E-state index contributed by atoms with van der Waals surface area (Å²) in [5.74, 6) is 0.976. The summed E-state index contributed by atoms with van der Waals surface area (Å²) in [4.78, 5) is 24.5. The number of amides is 1. The summed E-state index contributed by atoms with van der Waals surface area (Å²) in [6.07, 6.45) is 0.911. The molecule has 0 unspecified atom stereocenters. The van der Waals surface area contributed by atoms with Crippen molar-refractivity contribution in [2.24, 2.45) is 5.92 Å². The van der Waals surface area contributed by atoms with Crippen molar-refractivity contribution < 1.29 is 28.5 Å². The first-order valence-corrected chi connectivity index (χ1v) is 9.94. The van der Waals surface area contributed by atoms with E-state index in [1.165, 1.54) is 13.2 Å². The Morgan fingerprint density at radius 1 is 1.00 bits per heavy atom. The van der Waals surface area contributed by atoms with E-state index in [1.807, 2.05) is 13.0 Å². The minimum Gasteiger partial charge on any atom is -0.493 e. The SMILES string of the molecule is CCOc1ccccc1NC(=O)COC(=O)c1ccc(OCCC(C)C)c(OC)c1. The van der Waals surface area contributed by atoms with E-state index in [1.54, 1.807) is 30.3 Å². The number of hydrogen-bond donors (Lipinski definition) is 1. The summed E-state index contributed by atoms with van der Waals surface area (Å²) in [5, 5.41) is 2.68. The number of carbonyl (C=O) groups is 2. The van der Waals surface area contributed by atoms with Crippen LogP contribution in [0.3, 0.4) is 0 Å². The molecule has 0 saturated carbocycles. The molecule has 1 N–H and O–H groups in total. The van der Waals surface area contributed by atoms with Crippen LogP contribution in [-0.4, -0.2) is 38.8 Å². The molecule has 0 aliphatic heterocycles. The highest BCUT2D eigenvalue weighted by atomic mass is 16.5. The van der Waals surface area contributed by atoms with E-state index in [4.69, 9.17) is 18.9 Å². The third-order valence-electron chi connectivity index (χ3n) is 4.15. The lowest BCUT2D eigenvalue weighted by Crippen LogP contribution is -2.21. The van der Waals surface area contributed by atoms with Crippen LogP contribution in [-0.2, 0) is 9.53 Å². The minimum absolute atomic E-state index is 0.269. The summed E-state index contributed by atoms with van der Waals surface area (Å²) in [6.45, 7) is 6.70. The van der Waals surface area contributed by atoms with Gasteiger partial charge in [0.05, 0.1) is 31.6 Å². The maximum Gasteiger partial charge on any atom is 0.338 e. The van der Waals surface area contributed by atoms with Gasteiger partial charge in [-0.05, 0) is 49.6 Å². The second-order valence-electron chi connectivity index (χ2n) is 6.95. The molecule has 30 heavy (non-hydrogen) atoms. The van der Waals surface area contributed by atoms with Crippen molar-refractivity contribution in [1.29, 1.82) is 0 Å². The van der Waals surface area contributed by atoms with Crippen molar-refractivity contribution in [3.05, 3.63) is 48.0 Å². The molecule has 2 aromatic carbocycles. The van der Waals surface area contributed by atoms with Crippen molar-refractivity contribution >= 4 is 17.6 Å². The van der Waals surface area contributed by atoms with E-state index in [9.17, 15) is 9.59 Å². The van der Waals surface area contributed by atoms with Crippen LogP contribution in [0.15, 0.2) is 42.5 Å². The zero-order valence-corrected chi connectivity index (χ0v) is 17.9. The van der Waals surface area contributed by atoms with Gasteiger partial charge in [-0.15, -0.1) is 0 Å². The van der Waals surface area contributed by atoms with Crippen LogP contribution >= 0.6 is 0 Å². The lowest BCUT2D eigenvalue weighted by atomic mass is 10.1. The van der Waals surface area contributed by atoms with Crippen LogP contribution in [0.2, 0.25) is 0 Å². The molecular formula is C23H29NO6. The van der Waals surface area contributed by atoms with E-state index in [0.29, 0.717) is 42.1 Å². The molecule has 7 nitrogen and oxygen atoms in total. The highest BCUT2D eigenvalue weighted by molar-refractivity contribution is 5.96. The normalized spacial score (nSPS) is 10.4. The van der Waals surface area contributed by atoms with Crippen LogP contribution in [0, 0.1) is 5.92 Å². The molecule has 7 heteroatoms. The zero-order chi connectivity index (χ0) is 21.9. The molecule has 0 spiro atoms. The van der Waals surface area contributed by atoms with Gasteiger partial charge in [-0.2, -0.15) is 0 Å². The highest BCUT2D eigenvalue weighted by Crippen LogP contribution is 2.29. The summed E-state index contributed by atoms with van der Waals surface area (Å²) in [6, 6.07) is 11.8. The van der Waals surface area contributed by atoms with Gasteiger partial charge in [0.2, 0.25) is 0 Å². The Hall–Kier alpha value is -3.22. The largest absolute Gasteiger partial charge is 0.493 e. The Kier molecular flexibility index (Phi) is 9.00. The van der Waals surface area contributed by atoms with Crippen molar-refractivity contribution in [3.63, 3.8) is 0 Å². The van der Waals surface area contributed by atoms with Gasteiger partial charge in [-0.25, -0.2) is 4.79 Å². The Labute approximate surface area is 177 Å². The molecule has 0 aromatic heterocycles. The predicted octanol–water partition coefficient (Wildman–Crippen LogP) is 4.31. The Morgan fingerprint density at radius 3 is 2.47 bits per heavy atom. The standard InChI is InChI=1S/C23H29NO6/c1-5-28-19-9-7-6-8-18(19)24-22(25)15-30-23(26)17-10-11-20(21(14-17)27-4)29-13-12-16(2)3/h6-11,14,16H,5,12-13,15H2,1-4H3,(H,24,25). The maximum absolute atomic E-state index is 12.3. The molecule has 0 atom stereocenters. The molecule has 0 bridgehead atoms. The Bertz CT molecular complexity index is 849. The molecule has 0 aliphatic carbocycles. The predicted molar refractivity (Wildman–Crippen MR) is 114 cm³/mol. The first-order valence-electron chi connectivity index (χ1n) is 9.94. The minimum atomic E-state index is -0.629. The van der Waals surface area contributed by atoms with Gasteiger partial charge >= 0.3 is 5.97 Å². The van der Waals surface area contributed by atoms with Crippen molar-refractivity contribution in [1.82, 2.24) is 0 Å². The fourth-order valence-corrected chi connectivity index (χ4v) is 2.57. The van der Waals surface area contributed by atoms with Gasteiger partial charge in [0, 0.05) is 0 Å². The van der Waals surface area contributed by atoms with Gasteiger partial charge in [0.25, 0.3) is 5.91 Å². The van der Waals surface area contributed by atoms with Gasteiger partial charge < -0.3 is 24.3 Å². The second-order valence-corrected chi connectivity index (χ2v) is 6.95. The number of carbonyl (C=O) groups excluding carboxylic acids is 2. The van der Waals surface area contributed by atoms with Gasteiger partial charge in [-0.1, -0.05) is 26.0 Å². The molecule has 1 amide bonds. The number of methoxy groups -OCH3 is 1. The molecule has 0 fully saturated rings. The van der Waals surface area contributed by atoms with Crippen molar-refractivity contribution in [2.45, 2.75) is 27.2 Å². The van der Waals surface area contributed by atoms with Crippen molar-refractivity contribution in [2.75, 3.05) is 32.2 Å². The van der Waals surface area contributed by atoms with E-state index in [-0.39, 0.29) is 5.56 Å². The fourth-order valence-electron chi connectivity index (χ4n) is 2.57. The second kappa shape index (κ2) is 11.7. The van der Waals surface area contributed by atoms with Crippen LogP contribution in [0.5, 0.6) is 17.2 Å². The number of benzene rings is 2. The zero-order valence-electron chi connectivity index (χ0n) is 17.9. The van der Waals surface area contributed by atoms with E-state index < -0.39 is 18.5 Å². The third kappa shape index (κ3) is 6.99. The Morgan fingerprint density at radius 2 is 1.77 bits per heavy atom. The summed E-state index contributed by atoms with van der Waals surface area (Å²) in [5.41, 5.74) is 0.788. The number of nitrogens with one attached hydrogen (secondary N) is 1. The van der Waals surface area contributed by atoms with Crippen molar-refractivity contribution in [3.8, 4) is 17.2 Å².